The Kier molecular flexibility index (Phi) is 21.8. The molecule has 0 bridgehead atoms. The molecule has 0 spiro atoms. The second kappa shape index (κ2) is 19.7. The van der Waals surface area contributed by atoms with Crippen LogP contribution in [0.2, 0.25) is 0 Å². The number of hydrogen-bond acceptors (Lipinski definition) is 2. The third-order valence-corrected chi connectivity index (χ3v) is 4.43. The molecule has 0 aliphatic heterocycles. The Hall–Kier alpha value is 0.344. The van der Waals surface area contributed by atoms with E-state index >= 15 is 0 Å². The van der Waals surface area contributed by atoms with Gasteiger partial charge >= 0.3 is 7.82 Å². The molecule has 0 rings (SSSR count). The van der Waals surface area contributed by atoms with Crippen molar-refractivity contribution >= 4 is 7.82 Å². The number of rotatable bonds is 17. The molecule has 0 aromatic heterocycles. The summed E-state index contributed by atoms with van der Waals surface area (Å²) < 4.78 is 14.9. The molecule has 0 radical (unpaired) electrons. The third kappa shape index (κ3) is 24.6. The van der Waals surface area contributed by atoms with Gasteiger partial charge in [0.25, 0.3) is 0 Å². The monoisotopic (exact) mass is 406 g/mol. The van der Waals surface area contributed by atoms with Crippen LogP contribution in [0.5, 0.6) is 0 Å². The van der Waals surface area contributed by atoms with Crippen molar-refractivity contribution in [3.05, 3.63) is 12.2 Å². The Morgan fingerprint density at radius 1 is 0.750 bits per heavy atom. The summed E-state index contributed by atoms with van der Waals surface area (Å²) in [5.74, 6) is 0. The predicted octanol–water partition coefficient (Wildman–Crippen LogP) is 6.13. The van der Waals surface area contributed by atoms with Crippen LogP contribution in [-0.2, 0) is 25.6 Å². The maximum Gasteiger partial charge on any atom is 0.469 e. The average molecular weight is 407 g/mol. The van der Waals surface area contributed by atoms with Crippen molar-refractivity contribution in [2.75, 3.05) is 6.61 Å². The summed E-state index contributed by atoms with van der Waals surface area (Å²) in [5, 5.41) is 0. The zero-order chi connectivity index (χ0) is 17.2. The molecule has 0 atom stereocenters. The second-order valence-electron chi connectivity index (χ2n) is 6.26. The number of hydrogen-bond donors (Lipinski definition) is 2. The SMILES string of the molecule is CCCCCCCC/C=C\CCCCCCCCOP(=O)(O)O.[Ni]. The third-order valence-electron chi connectivity index (χ3n) is 3.92. The van der Waals surface area contributed by atoms with Crippen LogP contribution in [0.25, 0.3) is 0 Å². The van der Waals surface area contributed by atoms with E-state index in [4.69, 9.17) is 9.79 Å². The second-order valence-corrected chi connectivity index (χ2v) is 7.50. The fourth-order valence-electron chi connectivity index (χ4n) is 2.53. The minimum absolute atomic E-state index is 0. The molecule has 0 heterocycles. The molecule has 0 saturated heterocycles. The quantitative estimate of drug-likeness (QED) is 0.132. The Morgan fingerprint density at radius 3 is 1.62 bits per heavy atom. The van der Waals surface area contributed by atoms with Crippen LogP contribution in [0.4, 0.5) is 0 Å². The first-order chi connectivity index (χ1) is 11.1. The van der Waals surface area contributed by atoms with Crippen molar-refractivity contribution in [3.63, 3.8) is 0 Å². The van der Waals surface area contributed by atoms with Crippen molar-refractivity contribution < 1.29 is 35.4 Å². The smallest absolute Gasteiger partial charge is 0.303 e. The zero-order valence-electron chi connectivity index (χ0n) is 15.2. The summed E-state index contributed by atoms with van der Waals surface area (Å²) in [6, 6.07) is 0. The molecule has 0 aromatic rings. The van der Waals surface area contributed by atoms with E-state index in [1.54, 1.807) is 0 Å². The molecule has 0 aliphatic rings. The van der Waals surface area contributed by atoms with Crippen molar-refractivity contribution in [2.24, 2.45) is 0 Å². The average Bonchev–Trinajstić information content (AvgIpc) is 2.49. The van der Waals surface area contributed by atoms with Crippen molar-refractivity contribution in [1.82, 2.24) is 0 Å². The topological polar surface area (TPSA) is 66.8 Å². The summed E-state index contributed by atoms with van der Waals surface area (Å²) >= 11 is 0. The van der Waals surface area contributed by atoms with Gasteiger partial charge in [0.15, 0.2) is 0 Å². The summed E-state index contributed by atoms with van der Waals surface area (Å²) in [6.45, 7) is 2.41. The Labute approximate surface area is 159 Å². The van der Waals surface area contributed by atoms with Gasteiger partial charge < -0.3 is 9.79 Å². The van der Waals surface area contributed by atoms with Crippen molar-refractivity contribution in [2.45, 2.75) is 96.8 Å². The maximum absolute atomic E-state index is 10.5. The Bertz CT molecular complexity index is 318. The van der Waals surface area contributed by atoms with E-state index < -0.39 is 7.82 Å². The van der Waals surface area contributed by atoms with Crippen LogP contribution in [0, 0.1) is 0 Å². The van der Waals surface area contributed by atoms with Gasteiger partial charge in [-0.1, -0.05) is 76.9 Å². The van der Waals surface area contributed by atoms with Crippen LogP contribution < -0.4 is 0 Å². The molecule has 24 heavy (non-hydrogen) atoms. The van der Waals surface area contributed by atoms with Gasteiger partial charge in [-0.3, -0.25) is 4.52 Å². The van der Waals surface area contributed by atoms with Crippen molar-refractivity contribution in [3.8, 4) is 0 Å². The Morgan fingerprint density at radius 2 is 1.17 bits per heavy atom. The van der Waals surface area contributed by atoms with Gasteiger partial charge in [-0.25, -0.2) is 4.57 Å². The van der Waals surface area contributed by atoms with E-state index in [1.807, 2.05) is 0 Å². The minimum Gasteiger partial charge on any atom is -0.303 e. The first kappa shape index (κ1) is 26.6. The molecule has 0 aliphatic carbocycles. The fourth-order valence-corrected chi connectivity index (χ4v) is 2.90. The van der Waals surface area contributed by atoms with E-state index in [-0.39, 0.29) is 23.1 Å². The van der Waals surface area contributed by atoms with Crippen LogP contribution in [-0.4, -0.2) is 16.4 Å². The fraction of sp³-hybridized carbons (Fsp3) is 0.889. The molecular formula is C18H37NiO4P. The minimum atomic E-state index is -4.26. The van der Waals surface area contributed by atoms with Gasteiger partial charge in [0, 0.05) is 16.5 Å². The summed E-state index contributed by atoms with van der Waals surface area (Å²) in [6.07, 6.45) is 21.7. The van der Waals surface area contributed by atoms with Crippen LogP contribution in [0.1, 0.15) is 96.8 Å². The predicted molar refractivity (Wildman–Crippen MR) is 97.4 cm³/mol. The van der Waals surface area contributed by atoms with Crippen LogP contribution in [0.15, 0.2) is 12.2 Å². The van der Waals surface area contributed by atoms with Gasteiger partial charge in [-0.15, -0.1) is 0 Å². The molecule has 0 amide bonds. The first-order valence-electron chi connectivity index (χ1n) is 9.41. The molecule has 2 N–H and O–H groups in total. The Balaban J connectivity index is 0. The van der Waals surface area contributed by atoms with Crippen molar-refractivity contribution in [1.29, 1.82) is 0 Å². The summed E-state index contributed by atoms with van der Waals surface area (Å²) in [4.78, 5) is 17.1. The standard InChI is InChI=1S/C18H37O4P.Ni/c1-2-3-4-5-6-7-8-9-10-11-12-13-14-15-16-17-18-22-23(19,20)21;/h9-10H,2-8,11-18H2,1H3,(H2,19,20,21);/b10-9-;. The molecular weight excluding hydrogens is 370 g/mol. The summed E-state index contributed by atoms with van der Waals surface area (Å²) in [7, 11) is -4.26. The molecule has 0 unspecified atom stereocenters. The van der Waals surface area contributed by atoms with Gasteiger partial charge in [0.1, 0.15) is 0 Å². The van der Waals surface area contributed by atoms with E-state index in [2.05, 4.69) is 23.6 Å². The molecule has 0 fully saturated rings. The molecule has 4 nitrogen and oxygen atoms in total. The maximum atomic E-state index is 10.5. The van der Waals surface area contributed by atoms with E-state index in [0.717, 1.165) is 19.3 Å². The largest absolute Gasteiger partial charge is 0.469 e. The van der Waals surface area contributed by atoms with Gasteiger partial charge in [-0.05, 0) is 32.1 Å². The van der Waals surface area contributed by atoms with Gasteiger partial charge in [0.05, 0.1) is 6.61 Å². The normalized spacial score (nSPS) is 11.8. The number of phosphoric acid groups is 1. The van der Waals surface area contributed by atoms with E-state index in [9.17, 15) is 4.57 Å². The van der Waals surface area contributed by atoms with Gasteiger partial charge in [-0.2, -0.15) is 0 Å². The molecule has 0 aromatic carbocycles. The summed E-state index contributed by atoms with van der Waals surface area (Å²) in [5.41, 5.74) is 0. The van der Waals surface area contributed by atoms with Crippen LogP contribution in [0.3, 0.4) is 0 Å². The van der Waals surface area contributed by atoms with Crippen LogP contribution >= 0.6 is 7.82 Å². The molecule has 0 saturated carbocycles. The zero-order valence-corrected chi connectivity index (χ0v) is 17.1. The molecule has 148 valence electrons. The van der Waals surface area contributed by atoms with Gasteiger partial charge in [0.2, 0.25) is 0 Å². The first-order valence-corrected chi connectivity index (χ1v) is 10.9. The van der Waals surface area contributed by atoms with E-state index in [1.165, 1.54) is 70.6 Å². The number of phosphoric ester groups is 1. The number of unbranched alkanes of at least 4 members (excludes halogenated alkanes) is 12. The molecule has 6 heteroatoms. The van der Waals surface area contributed by atoms with E-state index in [0.29, 0.717) is 0 Å². The number of allylic oxidation sites excluding steroid dienone is 2.